The lowest BCUT2D eigenvalue weighted by Crippen LogP contribution is -2.48. The summed E-state index contributed by atoms with van der Waals surface area (Å²) in [4.78, 5) is 23.9. The van der Waals surface area contributed by atoms with Gasteiger partial charge in [-0.25, -0.2) is 4.79 Å². The zero-order valence-electron chi connectivity index (χ0n) is 9.33. The number of fused-ring (bicyclic) bond motifs is 1. The summed E-state index contributed by atoms with van der Waals surface area (Å²) in [5, 5.41) is 18.7. The van der Waals surface area contributed by atoms with E-state index in [9.17, 15) is 9.59 Å². The van der Waals surface area contributed by atoms with Crippen LogP contribution >= 0.6 is 0 Å². The average Bonchev–Trinajstić information content (AvgIpc) is 2.75. The lowest BCUT2D eigenvalue weighted by Gasteiger charge is -2.27. The Morgan fingerprint density at radius 2 is 2.29 bits per heavy atom. The van der Waals surface area contributed by atoms with E-state index >= 15 is 0 Å². The minimum atomic E-state index is -1.06. The van der Waals surface area contributed by atoms with Gasteiger partial charge in [0.05, 0.1) is 6.54 Å². The lowest BCUT2D eigenvalue weighted by atomic mass is 10.3. The van der Waals surface area contributed by atoms with Gasteiger partial charge in [0.25, 0.3) is 0 Å². The Kier molecular flexibility index (Phi) is 2.94. The number of carbonyl (C=O) groups is 2. The summed E-state index contributed by atoms with van der Waals surface area (Å²) in [6.07, 6.45) is 1.62. The van der Waals surface area contributed by atoms with Gasteiger partial charge >= 0.3 is 12.0 Å². The first kappa shape index (κ1) is 11.4. The largest absolute Gasteiger partial charge is 0.480 e. The smallest absolute Gasteiger partial charge is 0.325 e. The van der Waals surface area contributed by atoms with E-state index in [-0.39, 0.29) is 0 Å². The van der Waals surface area contributed by atoms with Crippen molar-refractivity contribution in [3.8, 4) is 0 Å². The van der Waals surface area contributed by atoms with E-state index in [1.807, 2.05) is 4.57 Å². The van der Waals surface area contributed by atoms with Crippen LogP contribution in [-0.4, -0.2) is 49.4 Å². The fourth-order valence-electron chi connectivity index (χ4n) is 1.58. The molecule has 0 saturated heterocycles. The molecular weight excluding hydrogens is 226 g/mol. The molecule has 0 bridgehead atoms. The van der Waals surface area contributed by atoms with Crippen LogP contribution in [0.25, 0.3) is 0 Å². The Balaban J connectivity index is 1.96. The van der Waals surface area contributed by atoms with Crippen molar-refractivity contribution in [3.05, 3.63) is 12.2 Å². The van der Waals surface area contributed by atoms with Gasteiger partial charge in [-0.3, -0.25) is 4.79 Å². The van der Waals surface area contributed by atoms with Gasteiger partial charge in [0.15, 0.2) is 5.82 Å². The number of nitrogens with zero attached hydrogens (tertiary/aromatic N) is 4. The second-order valence-electron chi connectivity index (χ2n) is 3.87. The van der Waals surface area contributed by atoms with Crippen LogP contribution in [0.2, 0.25) is 0 Å². The summed E-state index contributed by atoms with van der Waals surface area (Å²) in [6, 6.07) is -1.29. The van der Waals surface area contributed by atoms with Gasteiger partial charge in [0.1, 0.15) is 12.4 Å². The van der Waals surface area contributed by atoms with Crippen LogP contribution in [-0.2, 0) is 17.9 Å². The molecule has 0 saturated carbocycles. The summed E-state index contributed by atoms with van der Waals surface area (Å²) >= 11 is 0. The molecule has 8 heteroatoms. The average molecular weight is 239 g/mol. The first-order valence-electron chi connectivity index (χ1n) is 5.23. The summed E-state index contributed by atoms with van der Waals surface area (Å²) in [6.45, 7) is 2.91. The number of hydrogen-bond acceptors (Lipinski definition) is 4. The number of carboxylic acid groups (broad SMARTS) is 1. The minimum Gasteiger partial charge on any atom is -0.480 e. The van der Waals surface area contributed by atoms with E-state index in [0.717, 1.165) is 0 Å². The van der Waals surface area contributed by atoms with Crippen molar-refractivity contribution in [2.75, 3.05) is 6.54 Å². The molecule has 1 aliphatic rings. The number of nitrogens with one attached hydrogen (secondary N) is 1. The molecule has 17 heavy (non-hydrogen) atoms. The van der Waals surface area contributed by atoms with Crippen molar-refractivity contribution in [2.24, 2.45) is 0 Å². The molecule has 1 aromatic heterocycles. The second kappa shape index (κ2) is 4.40. The minimum absolute atomic E-state index is 0.345. The van der Waals surface area contributed by atoms with Crippen LogP contribution in [0.1, 0.15) is 12.7 Å². The third-order valence-electron chi connectivity index (χ3n) is 2.64. The Labute approximate surface area is 97.2 Å². The summed E-state index contributed by atoms with van der Waals surface area (Å²) in [7, 11) is 0. The maximum atomic E-state index is 11.7. The van der Waals surface area contributed by atoms with Crippen LogP contribution in [0.4, 0.5) is 4.79 Å². The maximum absolute atomic E-state index is 11.7. The van der Waals surface area contributed by atoms with Crippen LogP contribution in [0.3, 0.4) is 0 Å². The van der Waals surface area contributed by atoms with E-state index in [1.54, 1.807) is 6.33 Å². The highest BCUT2D eigenvalue weighted by Gasteiger charge is 2.24. The number of carbonyl (C=O) groups excluding carboxylic acids is 1. The third-order valence-corrected chi connectivity index (χ3v) is 2.64. The topological polar surface area (TPSA) is 100 Å². The molecule has 2 amide bonds. The van der Waals surface area contributed by atoms with Gasteiger partial charge in [-0.2, -0.15) is 0 Å². The number of rotatable bonds is 2. The summed E-state index contributed by atoms with van der Waals surface area (Å²) in [5.41, 5.74) is 0. The Bertz CT molecular complexity index is 444. The zero-order chi connectivity index (χ0) is 12.4. The highest BCUT2D eigenvalue weighted by Crippen LogP contribution is 2.08. The third kappa shape index (κ3) is 2.35. The Morgan fingerprint density at radius 3 is 3.00 bits per heavy atom. The van der Waals surface area contributed by atoms with E-state index in [1.165, 1.54) is 11.8 Å². The van der Waals surface area contributed by atoms with E-state index < -0.39 is 18.0 Å². The van der Waals surface area contributed by atoms with E-state index in [4.69, 9.17) is 5.11 Å². The highest BCUT2D eigenvalue weighted by molar-refractivity contribution is 5.82. The van der Waals surface area contributed by atoms with Crippen LogP contribution in [0.15, 0.2) is 6.33 Å². The summed E-state index contributed by atoms with van der Waals surface area (Å²) < 4.78 is 1.87. The lowest BCUT2D eigenvalue weighted by molar-refractivity contribution is -0.138. The van der Waals surface area contributed by atoms with Gasteiger partial charge in [0.2, 0.25) is 0 Å². The van der Waals surface area contributed by atoms with Crippen molar-refractivity contribution >= 4 is 12.0 Å². The van der Waals surface area contributed by atoms with Crippen LogP contribution < -0.4 is 5.32 Å². The highest BCUT2D eigenvalue weighted by atomic mass is 16.4. The molecule has 1 aromatic rings. The first-order chi connectivity index (χ1) is 8.08. The number of hydrogen-bond donors (Lipinski definition) is 2. The van der Waals surface area contributed by atoms with Crippen LogP contribution in [0.5, 0.6) is 0 Å². The zero-order valence-corrected chi connectivity index (χ0v) is 9.33. The number of amides is 2. The molecule has 1 aliphatic heterocycles. The van der Waals surface area contributed by atoms with Crippen molar-refractivity contribution in [1.82, 2.24) is 25.0 Å². The molecule has 0 spiro atoms. The molecule has 0 fully saturated rings. The van der Waals surface area contributed by atoms with Crippen molar-refractivity contribution < 1.29 is 14.7 Å². The SMILES string of the molecule is CC(NC(=O)N1CCn2cnnc2C1)C(=O)O. The van der Waals surface area contributed by atoms with E-state index in [2.05, 4.69) is 15.5 Å². The van der Waals surface area contributed by atoms with Gasteiger partial charge in [0, 0.05) is 13.1 Å². The molecule has 0 aromatic carbocycles. The fourth-order valence-corrected chi connectivity index (χ4v) is 1.58. The summed E-state index contributed by atoms with van der Waals surface area (Å²) in [5.74, 6) is -0.354. The van der Waals surface area contributed by atoms with Crippen molar-refractivity contribution in [3.63, 3.8) is 0 Å². The molecular formula is C9H13N5O3. The predicted molar refractivity (Wildman–Crippen MR) is 56.1 cm³/mol. The van der Waals surface area contributed by atoms with Gasteiger partial charge in [-0.1, -0.05) is 0 Å². The molecule has 0 radical (unpaired) electrons. The molecule has 1 atom stereocenters. The number of aromatic nitrogens is 3. The monoisotopic (exact) mass is 239 g/mol. The number of aliphatic carboxylic acids is 1. The molecule has 8 nitrogen and oxygen atoms in total. The maximum Gasteiger partial charge on any atom is 0.325 e. The Hall–Kier alpha value is -2.12. The van der Waals surface area contributed by atoms with Crippen molar-refractivity contribution in [1.29, 1.82) is 0 Å². The number of carboxylic acids is 1. The van der Waals surface area contributed by atoms with Gasteiger partial charge in [-0.05, 0) is 6.92 Å². The quantitative estimate of drug-likeness (QED) is 0.709. The van der Waals surface area contributed by atoms with E-state index in [0.29, 0.717) is 25.5 Å². The molecule has 2 N–H and O–H groups in total. The molecule has 2 rings (SSSR count). The van der Waals surface area contributed by atoms with Gasteiger partial charge in [-0.15, -0.1) is 10.2 Å². The molecule has 1 unspecified atom stereocenters. The fraction of sp³-hybridized carbons (Fsp3) is 0.556. The standard InChI is InChI=1S/C9H13N5O3/c1-6(8(15)16)11-9(17)13-2-3-14-5-10-12-7(14)4-13/h5-6H,2-4H2,1H3,(H,11,17)(H,15,16). The predicted octanol–water partition coefficient (Wildman–Crippen LogP) is -0.724. The molecule has 0 aliphatic carbocycles. The number of urea groups is 1. The van der Waals surface area contributed by atoms with Crippen molar-refractivity contribution in [2.45, 2.75) is 26.1 Å². The Morgan fingerprint density at radius 1 is 1.53 bits per heavy atom. The molecule has 2 heterocycles. The first-order valence-corrected chi connectivity index (χ1v) is 5.23. The second-order valence-corrected chi connectivity index (χ2v) is 3.87. The molecule has 92 valence electrons. The normalized spacial score (nSPS) is 16.2. The van der Waals surface area contributed by atoms with Gasteiger partial charge < -0.3 is 19.9 Å². The van der Waals surface area contributed by atoms with Crippen LogP contribution in [0, 0.1) is 0 Å².